The Morgan fingerprint density at radius 3 is 2.55 bits per heavy atom. The number of hydrogen-bond acceptors (Lipinski definition) is 3. The molecular weight excluding hydrogens is 264 g/mol. The van der Waals surface area contributed by atoms with Crippen LogP contribution < -0.4 is 11.3 Å². The molecule has 1 heterocycles. The molecule has 1 atom stereocenters. The third-order valence-corrected chi connectivity index (χ3v) is 5.02. The van der Waals surface area contributed by atoms with E-state index < -0.39 is 0 Å². The summed E-state index contributed by atoms with van der Waals surface area (Å²) in [5.41, 5.74) is 5.77. The second-order valence-corrected chi connectivity index (χ2v) is 6.51. The number of aryl methyl sites for hydroxylation is 3. The van der Waals surface area contributed by atoms with Crippen molar-refractivity contribution in [3.8, 4) is 0 Å². The SMILES string of the molecule is CCc1ccc(CC(CCc2ccccc2C)NN)s1. The van der Waals surface area contributed by atoms with E-state index in [1.54, 1.807) is 0 Å². The van der Waals surface area contributed by atoms with Gasteiger partial charge in [-0.3, -0.25) is 11.3 Å². The maximum Gasteiger partial charge on any atom is 0.0261 e. The molecule has 108 valence electrons. The fraction of sp³-hybridized carbons (Fsp3) is 0.412. The molecule has 0 saturated heterocycles. The summed E-state index contributed by atoms with van der Waals surface area (Å²) in [5, 5.41) is 0. The van der Waals surface area contributed by atoms with Crippen LogP contribution in [0.2, 0.25) is 0 Å². The summed E-state index contributed by atoms with van der Waals surface area (Å²) in [6.45, 7) is 4.37. The minimum absolute atomic E-state index is 0.345. The molecule has 1 aromatic carbocycles. The summed E-state index contributed by atoms with van der Waals surface area (Å²) in [5.74, 6) is 5.72. The molecule has 0 fully saturated rings. The Morgan fingerprint density at radius 1 is 1.15 bits per heavy atom. The lowest BCUT2D eigenvalue weighted by Crippen LogP contribution is -2.37. The summed E-state index contributed by atoms with van der Waals surface area (Å²) in [7, 11) is 0. The minimum Gasteiger partial charge on any atom is -0.271 e. The van der Waals surface area contributed by atoms with Crippen molar-refractivity contribution in [2.45, 2.75) is 45.6 Å². The van der Waals surface area contributed by atoms with Crippen molar-refractivity contribution in [1.29, 1.82) is 0 Å². The summed E-state index contributed by atoms with van der Waals surface area (Å²) >= 11 is 1.91. The molecule has 1 unspecified atom stereocenters. The van der Waals surface area contributed by atoms with E-state index in [0.29, 0.717) is 6.04 Å². The molecule has 3 N–H and O–H groups in total. The number of nitrogens with two attached hydrogens (primary N) is 1. The second kappa shape index (κ2) is 7.58. The predicted octanol–water partition coefficient (Wildman–Crippen LogP) is 3.63. The van der Waals surface area contributed by atoms with Crippen molar-refractivity contribution >= 4 is 11.3 Å². The zero-order chi connectivity index (χ0) is 14.4. The lowest BCUT2D eigenvalue weighted by molar-refractivity contribution is 0.494. The largest absolute Gasteiger partial charge is 0.271 e. The number of nitrogens with one attached hydrogen (secondary N) is 1. The van der Waals surface area contributed by atoms with Crippen molar-refractivity contribution in [3.63, 3.8) is 0 Å². The number of benzene rings is 1. The smallest absolute Gasteiger partial charge is 0.0261 e. The highest BCUT2D eigenvalue weighted by atomic mass is 32.1. The summed E-state index contributed by atoms with van der Waals surface area (Å²) in [6.07, 6.45) is 4.29. The quantitative estimate of drug-likeness (QED) is 0.603. The van der Waals surface area contributed by atoms with Gasteiger partial charge >= 0.3 is 0 Å². The first-order valence-electron chi connectivity index (χ1n) is 7.31. The average molecular weight is 288 g/mol. The normalized spacial score (nSPS) is 12.6. The third-order valence-electron chi connectivity index (χ3n) is 3.77. The van der Waals surface area contributed by atoms with E-state index in [1.165, 1.54) is 20.9 Å². The van der Waals surface area contributed by atoms with Crippen LogP contribution in [0.5, 0.6) is 0 Å². The van der Waals surface area contributed by atoms with Crippen LogP contribution in [0.4, 0.5) is 0 Å². The molecule has 0 saturated carbocycles. The first-order valence-corrected chi connectivity index (χ1v) is 8.12. The Hall–Kier alpha value is -1.16. The van der Waals surface area contributed by atoms with Crippen LogP contribution in [0.1, 0.15) is 34.2 Å². The first-order chi connectivity index (χ1) is 9.72. The van der Waals surface area contributed by atoms with Crippen molar-refractivity contribution in [3.05, 3.63) is 57.3 Å². The van der Waals surface area contributed by atoms with E-state index in [1.807, 2.05) is 11.3 Å². The molecule has 1 aromatic heterocycles. The molecule has 0 aliphatic carbocycles. The van der Waals surface area contributed by atoms with Crippen molar-refractivity contribution < 1.29 is 0 Å². The molecular formula is C17H24N2S. The van der Waals surface area contributed by atoms with Gasteiger partial charge in [0.25, 0.3) is 0 Å². The van der Waals surface area contributed by atoms with Gasteiger partial charge in [-0.25, -0.2) is 0 Å². The van der Waals surface area contributed by atoms with Crippen LogP contribution in [0.25, 0.3) is 0 Å². The summed E-state index contributed by atoms with van der Waals surface area (Å²) in [4.78, 5) is 2.88. The molecule has 0 spiro atoms. The average Bonchev–Trinajstić information content (AvgIpc) is 2.92. The molecule has 0 amide bonds. The lowest BCUT2D eigenvalue weighted by atomic mass is 9.99. The van der Waals surface area contributed by atoms with Gasteiger partial charge in [-0.1, -0.05) is 31.2 Å². The van der Waals surface area contributed by atoms with Crippen molar-refractivity contribution in [2.24, 2.45) is 5.84 Å². The number of thiophene rings is 1. The van der Waals surface area contributed by atoms with Crippen molar-refractivity contribution in [2.75, 3.05) is 0 Å². The summed E-state index contributed by atoms with van der Waals surface area (Å²) in [6, 6.07) is 13.4. The molecule has 2 rings (SSSR count). The van der Waals surface area contributed by atoms with E-state index in [-0.39, 0.29) is 0 Å². The van der Waals surface area contributed by atoms with Crippen LogP contribution in [0.3, 0.4) is 0 Å². The third kappa shape index (κ3) is 4.17. The van der Waals surface area contributed by atoms with E-state index in [0.717, 1.165) is 25.7 Å². The van der Waals surface area contributed by atoms with Gasteiger partial charge in [0.2, 0.25) is 0 Å². The van der Waals surface area contributed by atoms with Gasteiger partial charge in [-0.15, -0.1) is 11.3 Å². The van der Waals surface area contributed by atoms with Gasteiger partial charge in [0.15, 0.2) is 0 Å². The number of hydrogen-bond donors (Lipinski definition) is 2. The van der Waals surface area contributed by atoms with Crippen LogP contribution in [0, 0.1) is 6.92 Å². The van der Waals surface area contributed by atoms with Crippen LogP contribution >= 0.6 is 11.3 Å². The molecule has 0 aliphatic heterocycles. The highest BCUT2D eigenvalue weighted by Gasteiger charge is 2.10. The van der Waals surface area contributed by atoms with Gasteiger partial charge in [-0.05, 0) is 55.9 Å². The maximum atomic E-state index is 5.72. The predicted molar refractivity (Wildman–Crippen MR) is 88.0 cm³/mol. The van der Waals surface area contributed by atoms with E-state index in [2.05, 4.69) is 55.7 Å². The minimum atomic E-state index is 0.345. The first kappa shape index (κ1) is 15.2. The highest BCUT2D eigenvalue weighted by Crippen LogP contribution is 2.20. The van der Waals surface area contributed by atoms with Gasteiger partial charge in [0.05, 0.1) is 0 Å². The lowest BCUT2D eigenvalue weighted by Gasteiger charge is -2.15. The van der Waals surface area contributed by atoms with Crippen LogP contribution in [-0.4, -0.2) is 6.04 Å². The Bertz CT molecular complexity index is 533. The molecule has 20 heavy (non-hydrogen) atoms. The number of hydrazine groups is 1. The fourth-order valence-electron chi connectivity index (χ4n) is 2.43. The van der Waals surface area contributed by atoms with Gasteiger partial charge in [-0.2, -0.15) is 0 Å². The fourth-order valence-corrected chi connectivity index (χ4v) is 3.47. The second-order valence-electron chi connectivity index (χ2n) is 5.25. The Labute approximate surface area is 126 Å². The zero-order valence-electron chi connectivity index (χ0n) is 12.4. The molecule has 0 aliphatic rings. The van der Waals surface area contributed by atoms with Gasteiger partial charge in [0, 0.05) is 15.8 Å². The zero-order valence-corrected chi connectivity index (χ0v) is 13.2. The Kier molecular flexibility index (Phi) is 5.77. The van der Waals surface area contributed by atoms with E-state index in [4.69, 9.17) is 5.84 Å². The Balaban J connectivity index is 1.91. The Morgan fingerprint density at radius 2 is 1.90 bits per heavy atom. The molecule has 0 bridgehead atoms. The highest BCUT2D eigenvalue weighted by molar-refractivity contribution is 7.11. The van der Waals surface area contributed by atoms with Gasteiger partial charge < -0.3 is 0 Å². The van der Waals surface area contributed by atoms with Crippen LogP contribution in [-0.2, 0) is 19.3 Å². The van der Waals surface area contributed by atoms with E-state index in [9.17, 15) is 0 Å². The van der Waals surface area contributed by atoms with Gasteiger partial charge in [0.1, 0.15) is 0 Å². The summed E-state index contributed by atoms with van der Waals surface area (Å²) < 4.78 is 0. The molecule has 0 radical (unpaired) electrons. The van der Waals surface area contributed by atoms with Crippen LogP contribution in [0.15, 0.2) is 36.4 Å². The maximum absolute atomic E-state index is 5.72. The standard InChI is InChI=1S/C17H24N2S/c1-3-16-10-11-17(20-16)12-15(19-18)9-8-14-7-5-4-6-13(14)2/h4-7,10-11,15,19H,3,8-9,12,18H2,1-2H3. The van der Waals surface area contributed by atoms with E-state index >= 15 is 0 Å². The topological polar surface area (TPSA) is 38.0 Å². The number of rotatable bonds is 7. The van der Waals surface area contributed by atoms with Crippen molar-refractivity contribution in [1.82, 2.24) is 5.43 Å². The molecule has 2 nitrogen and oxygen atoms in total. The monoisotopic (exact) mass is 288 g/mol. The molecule has 3 heteroatoms. The molecule has 2 aromatic rings.